The Kier molecular flexibility index (Phi) is 4.68. The maximum Gasteiger partial charge on any atom is 0.246 e. The number of ether oxygens (including phenoxy) is 1. The number of aryl methyl sites for hydroxylation is 1. The Morgan fingerprint density at radius 2 is 1.74 bits per heavy atom. The third-order valence-electron chi connectivity index (χ3n) is 4.81. The molecule has 0 fully saturated rings. The van der Waals surface area contributed by atoms with Gasteiger partial charge < -0.3 is 15.8 Å². The molecule has 0 unspecified atom stereocenters. The summed E-state index contributed by atoms with van der Waals surface area (Å²) >= 11 is 0. The molecule has 0 atom stereocenters. The molecule has 0 aliphatic heterocycles. The molecule has 0 aliphatic carbocycles. The molecule has 0 amide bonds. The summed E-state index contributed by atoms with van der Waals surface area (Å²) < 4.78 is 6.08. The fourth-order valence-corrected chi connectivity index (χ4v) is 3.35. The normalized spacial score (nSPS) is 10.9. The smallest absolute Gasteiger partial charge is 0.246 e. The molecular formula is C24H20N6O. The van der Waals surface area contributed by atoms with Crippen LogP contribution in [0.25, 0.3) is 22.3 Å². The monoisotopic (exact) mass is 408 g/mol. The van der Waals surface area contributed by atoms with E-state index in [1.54, 1.807) is 6.07 Å². The van der Waals surface area contributed by atoms with Crippen LogP contribution in [0.5, 0.6) is 11.5 Å². The van der Waals surface area contributed by atoms with Crippen molar-refractivity contribution in [2.24, 2.45) is 0 Å². The summed E-state index contributed by atoms with van der Waals surface area (Å²) in [6.45, 7) is 2.04. The maximum absolute atomic E-state index is 6.08. The second-order valence-electron chi connectivity index (χ2n) is 7.19. The highest BCUT2D eigenvalue weighted by molar-refractivity contribution is 5.86. The number of aromatic nitrogens is 4. The Bertz CT molecular complexity index is 1360. The molecule has 2 aromatic heterocycles. The highest BCUT2D eigenvalue weighted by Crippen LogP contribution is 2.31. The lowest BCUT2D eigenvalue weighted by Gasteiger charge is -2.10. The second-order valence-corrected chi connectivity index (χ2v) is 7.19. The number of nitrogens with zero attached hydrogens (tertiary/aromatic N) is 3. The topological polar surface area (TPSA) is 102 Å². The molecule has 3 aromatic carbocycles. The molecule has 5 rings (SSSR count). The van der Waals surface area contributed by atoms with Crippen LogP contribution < -0.4 is 15.8 Å². The van der Waals surface area contributed by atoms with Gasteiger partial charge in [-0.2, -0.15) is 4.98 Å². The summed E-state index contributed by atoms with van der Waals surface area (Å²) in [6, 6.07) is 25.2. The highest BCUT2D eigenvalue weighted by Gasteiger charge is 2.09. The zero-order valence-corrected chi connectivity index (χ0v) is 16.8. The molecule has 2 heterocycles. The van der Waals surface area contributed by atoms with E-state index < -0.39 is 0 Å². The summed E-state index contributed by atoms with van der Waals surface area (Å²) in [6.07, 6.45) is 0. The Balaban J connectivity index is 1.35. The van der Waals surface area contributed by atoms with E-state index in [1.165, 1.54) is 5.56 Å². The van der Waals surface area contributed by atoms with Gasteiger partial charge in [-0.3, -0.25) is 5.10 Å². The molecule has 0 saturated carbocycles. The minimum Gasteiger partial charge on any atom is -0.457 e. The molecule has 0 aliphatic rings. The summed E-state index contributed by atoms with van der Waals surface area (Å²) in [4.78, 5) is 8.87. The summed E-state index contributed by atoms with van der Waals surface area (Å²) in [7, 11) is 0. The van der Waals surface area contributed by atoms with Crippen LogP contribution in [0.1, 0.15) is 5.56 Å². The van der Waals surface area contributed by atoms with E-state index in [0.717, 1.165) is 22.2 Å². The number of anilines is 3. The van der Waals surface area contributed by atoms with Gasteiger partial charge in [0, 0.05) is 22.7 Å². The number of nitrogens with two attached hydrogens (primary N) is 1. The van der Waals surface area contributed by atoms with Crippen LogP contribution in [0.2, 0.25) is 0 Å². The van der Waals surface area contributed by atoms with E-state index in [0.29, 0.717) is 29.1 Å². The quantitative estimate of drug-likeness (QED) is 0.358. The van der Waals surface area contributed by atoms with Gasteiger partial charge in [-0.15, -0.1) is 5.10 Å². The standard InChI is InChI=1S/C24H20N6O/c1-15-5-4-6-17(13-15)26-24-28-23(29-30-24)16-9-11-18(12-10-16)31-21-14-22(25)27-20-8-3-2-7-19(20)21/h2-14H,1H3,(H2,25,27)(H2,26,28,29,30). The molecule has 31 heavy (non-hydrogen) atoms. The van der Waals surface area contributed by atoms with E-state index in [9.17, 15) is 0 Å². The Morgan fingerprint density at radius 3 is 2.58 bits per heavy atom. The van der Waals surface area contributed by atoms with E-state index in [-0.39, 0.29) is 0 Å². The average Bonchev–Trinajstić information content (AvgIpc) is 3.22. The van der Waals surface area contributed by atoms with Gasteiger partial charge in [0.15, 0.2) is 5.82 Å². The Morgan fingerprint density at radius 1 is 0.903 bits per heavy atom. The van der Waals surface area contributed by atoms with Crippen molar-refractivity contribution in [3.05, 3.63) is 84.4 Å². The van der Waals surface area contributed by atoms with Gasteiger partial charge in [-0.1, -0.05) is 24.3 Å². The third kappa shape index (κ3) is 4.02. The highest BCUT2D eigenvalue weighted by atomic mass is 16.5. The van der Waals surface area contributed by atoms with Crippen molar-refractivity contribution in [2.45, 2.75) is 6.92 Å². The first-order valence-electron chi connectivity index (χ1n) is 9.84. The lowest BCUT2D eigenvalue weighted by atomic mass is 10.2. The van der Waals surface area contributed by atoms with Crippen LogP contribution in [0, 0.1) is 6.92 Å². The predicted octanol–water partition coefficient (Wildman–Crippen LogP) is 5.45. The van der Waals surface area contributed by atoms with Gasteiger partial charge in [-0.25, -0.2) is 4.98 Å². The molecular weight excluding hydrogens is 388 g/mol. The van der Waals surface area contributed by atoms with Gasteiger partial charge in [0.2, 0.25) is 5.95 Å². The first kappa shape index (κ1) is 18.6. The summed E-state index contributed by atoms with van der Waals surface area (Å²) in [5, 5.41) is 11.3. The second kappa shape index (κ2) is 7.79. The number of fused-ring (bicyclic) bond motifs is 1. The minimum atomic E-state index is 0.417. The number of pyridine rings is 1. The van der Waals surface area contributed by atoms with E-state index in [2.05, 4.69) is 25.5 Å². The number of benzene rings is 3. The molecule has 7 heteroatoms. The zero-order chi connectivity index (χ0) is 21.2. The van der Waals surface area contributed by atoms with Gasteiger partial charge in [0.05, 0.1) is 5.52 Å². The number of rotatable bonds is 5. The lowest BCUT2D eigenvalue weighted by Crippen LogP contribution is -1.94. The first-order chi connectivity index (χ1) is 15.1. The SMILES string of the molecule is Cc1cccc(Nc2n[nH]c(-c3ccc(Oc4cc(N)nc5ccccc45)cc3)n2)c1. The number of nitrogen functional groups attached to an aromatic ring is 1. The van der Waals surface area contributed by atoms with Crippen LogP contribution in [-0.2, 0) is 0 Å². The van der Waals surface area contributed by atoms with Gasteiger partial charge in [-0.05, 0) is 61.0 Å². The number of hydrogen-bond acceptors (Lipinski definition) is 6. The molecule has 0 saturated heterocycles. The molecule has 0 bridgehead atoms. The zero-order valence-electron chi connectivity index (χ0n) is 16.8. The van der Waals surface area contributed by atoms with Crippen molar-refractivity contribution in [1.29, 1.82) is 0 Å². The van der Waals surface area contributed by atoms with Gasteiger partial charge >= 0.3 is 0 Å². The molecule has 0 spiro atoms. The fourth-order valence-electron chi connectivity index (χ4n) is 3.35. The van der Waals surface area contributed by atoms with E-state index >= 15 is 0 Å². The van der Waals surface area contributed by atoms with E-state index in [1.807, 2.05) is 79.7 Å². The van der Waals surface area contributed by atoms with Crippen molar-refractivity contribution >= 4 is 28.4 Å². The van der Waals surface area contributed by atoms with Crippen molar-refractivity contribution in [1.82, 2.24) is 20.2 Å². The van der Waals surface area contributed by atoms with Crippen LogP contribution in [0.15, 0.2) is 78.9 Å². The van der Waals surface area contributed by atoms with Crippen LogP contribution >= 0.6 is 0 Å². The maximum atomic E-state index is 6.08. The van der Waals surface area contributed by atoms with Crippen molar-refractivity contribution < 1.29 is 4.74 Å². The van der Waals surface area contributed by atoms with Gasteiger partial charge in [0.1, 0.15) is 17.3 Å². The molecule has 7 nitrogen and oxygen atoms in total. The van der Waals surface area contributed by atoms with Gasteiger partial charge in [0.25, 0.3) is 0 Å². The lowest BCUT2D eigenvalue weighted by molar-refractivity contribution is 0.488. The van der Waals surface area contributed by atoms with E-state index in [4.69, 9.17) is 10.5 Å². The van der Waals surface area contributed by atoms with Crippen LogP contribution in [0.3, 0.4) is 0 Å². The molecule has 0 radical (unpaired) electrons. The summed E-state index contributed by atoms with van der Waals surface area (Å²) in [5.41, 5.74) is 9.73. The number of H-pyrrole nitrogens is 1. The molecule has 152 valence electrons. The van der Waals surface area contributed by atoms with Crippen molar-refractivity contribution in [3.63, 3.8) is 0 Å². The van der Waals surface area contributed by atoms with Crippen molar-refractivity contribution in [3.8, 4) is 22.9 Å². The Labute approximate surface area is 178 Å². The third-order valence-corrected chi connectivity index (χ3v) is 4.81. The van der Waals surface area contributed by atoms with Crippen molar-refractivity contribution in [2.75, 3.05) is 11.1 Å². The predicted molar refractivity (Wildman–Crippen MR) is 123 cm³/mol. The Hall–Kier alpha value is -4.39. The molecule has 5 aromatic rings. The number of nitrogens with one attached hydrogen (secondary N) is 2. The largest absolute Gasteiger partial charge is 0.457 e. The number of aromatic amines is 1. The molecule has 4 N–H and O–H groups in total. The first-order valence-corrected chi connectivity index (χ1v) is 9.84. The van der Waals surface area contributed by atoms with Crippen LogP contribution in [-0.4, -0.2) is 20.2 Å². The van der Waals surface area contributed by atoms with Crippen LogP contribution in [0.4, 0.5) is 17.5 Å². The average molecular weight is 408 g/mol. The summed E-state index contributed by atoms with van der Waals surface area (Å²) in [5.74, 6) is 2.96. The minimum absolute atomic E-state index is 0.417. The number of hydrogen-bond donors (Lipinski definition) is 3. The fraction of sp³-hybridized carbons (Fsp3) is 0.0417. The number of para-hydroxylation sites is 1.